The lowest BCUT2D eigenvalue weighted by molar-refractivity contribution is 0.0741. The lowest BCUT2D eigenvalue weighted by atomic mass is 9.83. The van der Waals surface area contributed by atoms with E-state index >= 15 is 0 Å². The zero-order valence-corrected chi connectivity index (χ0v) is 22.3. The van der Waals surface area contributed by atoms with Crippen LogP contribution in [-0.2, 0) is 0 Å². The number of amides is 1. The van der Waals surface area contributed by atoms with E-state index in [2.05, 4.69) is 72.8 Å². The fourth-order valence-corrected chi connectivity index (χ4v) is 6.43. The standard InChI is InChI=1S/C30H31N5OS/c1-18-7-9-22(15-23(18)27-19(2)5-4-6-20(27)3)33-30-32-17-21-8-10-25-24(28(21)34-30)16-26(37-25)29(36)35-13-11-31-12-14-35/h4-6,8-10,15-18,31H,7,11-14H2,1-3H3,(H,32,33,34). The van der Waals surface area contributed by atoms with Crippen molar-refractivity contribution in [1.29, 1.82) is 0 Å². The summed E-state index contributed by atoms with van der Waals surface area (Å²) in [6.07, 6.45) is 7.29. The average molecular weight is 510 g/mol. The lowest BCUT2D eigenvalue weighted by Gasteiger charge is -2.26. The number of nitrogens with zero attached hydrogens (tertiary/aromatic N) is 3. The molecular formula is C30H31N5OS. The molecular weight excluding hydrogens is 478 g/mol. The van der Waals surface area contributed by atoms with Gasteiger partial charge in [-0.25, -0.2) is 9.97 Å². The van der Waals surface area contributed by atoms with E-state index < -0.39 is 0 Å². The molecule has 1 amide bonds. The molecule has 7 heteroatoms. The normalized spacial score (nSPS) is 18.1. The minimum Gasteiger partial charge on any atom is -0.335 e. The number of aromatic nitrogens is 2. The van der Waals surface area contributed by atoms with E-state index in [1.54, 1.807) is 11.3 Å². The van der Waals surface area contributed by atoms with Crippen molar-refractivity contribution in [2.24, 2.45) is 5.92 Å². The summed E-state index contributed by atoms with van der Waals surface area (Å²) in [5, 5.41) is 8.74. The number of anilines is 1. The molecule has 2 aromatic carbocycles. The van der Waals surface area contributed by atoms with Gasteiger partial charge in [0.2, 0.25) is 5.95 Å². The molecule has 1 fully saturated rings. The Morgan fingerprint density at radius 2 is 1.92 bits per heavy atom. The molecule has 0 radical (unpaired) electrons. The van der Waals surface area contributed by atoms with E-state index in [0.717, 1.165) is 64.2 Å². The van der Waals surface area contributed by atoms with Gasteiger partial charge >= 0.3 is 0 Å². The van der Waals surface area contributed by atoms with Crippen LogP contribution in [0, 0.1) is 19.8 Å². The smallest absolute Gasteiger partial charge is 0.264 e. The predicted octanol–water partition coefficient (Wildman–Crippen LogP) is 5.93. The maximum atomic E-state index is 13.1. The number of thiophene rings is 1. The highest BCUT2D eigenvalue weighted by molar-refractivity contribution is 7.21. The van der Waals surface area contributed by atoms with Crippen molar-refractivity contribution in [3.05, 3.63) is 82.0 Å². The van der Waals surface area contributed by atoms with Gasteiger partial charge in [0, 0.05) is 53.5 Å². The van der Waals surface area contributed by atoms with Crippen molar-refractivity contribution in [2.45, 2.75) is 27.2 Å². The fourth-order valence-electron chi connectivity index (χ4n) is 5.40. The first-order valence-electron chi connectivity index (χ1n) is 12.9. The van der Waals surface area contributed by atoms with E-state index in [1.807, 2.05) is 23.2 Å². The summed E-state index contributed by atoms with van der Waals surface area (Å²) in [6.45, 7) is 9.82. The molecule has 37 heavy (non-hydrogen) atoms. The van der Waals surface area contributed by atoms with Crippen molar-refractivity contribution in [1.82, 2.24) is 20.2 Å². The molecule has 1 saturated heterocycles. The Morgan fingerprint density at radius 3 is 2.70 bits per heavy atom. The van der Waals surface area contributed by atoms with Crippen molar-refractivity contribution in [2.75, 3.05) is 31.5 Å². The molecule has 4 aromatic rings. The average Bonchev–Trinajstić information content (AvgIpc) is 3.35. The first-order valence-corrected chi connectivity index (χ1v) is 13.7. The first kappa shape index (κ1) is 23.8. The number of carbonyl (C=O) groups excluding carboxylic acids is 1. The Morgan fingerprint density at radius 1 is 1.14 bits per heavy atom. The molecule has 2 N–H and O–H groups in total. The second-order valence-electron chi connectivity index (χ2n) is 10.0. The number of fused-ring (bicyclic) bond motifs is 3. The molecule has 188 valence electrons. The number of piperazine rings is 1. The highest BCUT2D eigenvalue weighted by atomic mass is 32.1. The SMILES string of the molecule is Cc1cccc(C)c1C1=CC(Nc2ncc3ccc4sc(C(=O)N5CCNCC5)cc4c3n2)=CCC1C. The van der Waals surface area contributed by atoms with E-state index in [-0.39, 0.29) is 5.91 Å². The van der Waals surface area contributed by atoms with Crippen molar-refractivity contribution in [3.63, 3.8) is 0 Å². The third-order valence-electron chi connectivity index (χ3n) is 7.42. The minimum absolute atomic E-state index is 0.105. The zero-order valence-electron chi connectivity index (χ0n) is 21.5. The van der Waals surface area contributed by atoms with Gasteiger partial charge in [-0.2, -0.15) is 0 Å². The number of carbonyl (C=O) groups is 1. The maximum Gasteiger partial charge on any atom is 0.264 e. The third kappa shape index (κ3) is 4.54. The molecule has 2 aliphatic rings. The van der Waals surface area contributed by atoms with Gasteiger partial charge in [-0.05, 0) is 72.7 Å². The predicted molar refractivity (Wildman–Crippen MR) is 153 cm³/mol. The van der Waals surface area contributed by atoms with Gasteiger partial charge in [-0.3, -0.25) is 4.79 Å². The summed E-state index contributed by atoms with van der Waals surface area (Å²) < 4.78 is 1.07. The monoisotopic (exact) mass is 509 g/mol. The highest BCUT2D eigenvalue weighted by Crippen LogP contribution is 2.36. The molecule has 3 heterocycles. The Kier molecular flexibility index (Phi) is 6.26. The summed E-state index contributed by atoms with van der Waals surface area (Å²) in [4.78, 5) is 25.3. The molecule has 6 rings (SSSR count). The molecule has 2 aromatic heterocycles. The first-order chi connectivity index (χ1) is 18.0. The van der Waals surface area contributed by atoms with Crippen molar-refractivity contribution >= 4 is 49.8 Å². The van der Waals surface area contributed by atoms with Crippen LogP contribution >= 0.6 is 11.3 Å². The van der Waals surface area contributed by atoms with Crippen LogP contribution in [0.1, 0.15) is 39.7 Å². The van der Waals surface area contributed by atoms with Crippen molar-refractivity contribution < 1.29 is 4.79 Å². The molecule has 1 atom stereocenters. The van der Waals surface area contributed by atoms with Crippen LogP contribution < -0.4 is 10.6 Å². The number of rotatable bonds is 4. The van der Waals surface area contributed by atoms with Crippen LogP contribution in [0.5, 0.6) is 0 Å². The van der Waals surface area contributed by atoms with Crippen molar-refractivity contribution in [3.8, 4) is 0 Å². The maximum absolute atomic E-state index is 13.1. The van der Waals surface area contributed by atoms with Gasteiger partial charge in [0.25, 0.3) is 5.91 Å². The summed E-state index contributed by atoms with van der Waals surface area (Å²) in [5.41, 5.74) is 7.16. The van der Waals surface area contributed by atoms with Gasteiger partial charge in [-0.15, -0.1) is 11.3 Å². The van der Waals surface area contributed by atoms with Gasteiger partial charge in [0.15, 0.2) is 0 Å². The number of nitrogens with one attached hydrogen (secondary N) is 2. The van der Waals surface area contributed by atoms with Crippen LogP contribution in [-0.4, -0.2) is 47.0 Å². The molecule has 0 bridgehead atoms. The molecule has 6 nitrogen and oxygen atoms in total. The number of benzene rings is 2. The second-order valence-corrected chi connectivity index (χ2v) is 11.1. The Labute approximate surface area is 221 Å². The Hall–Kier alpha value is -3.55. The Bertz CT molecular complexity index is 1560. The van der Waals surface area contributed by atoms with Gasteiger partial charge in [0.1, 0.15) is 0 Å². The molecule has 1 aliphatic carbocycles. The van der Waals surface area contributed by atoms with Crippen LogP contribution in [0.4, 0.5) is 5.95 Å². The number of hydrogen-bond acceptors (Lipinski definition) is 6. The van der Waals surface area contributed by atoms with Gasteiger partial charge < -0.3 is 15.5 Å². The molecule has 0 saturated carbocycles. The minimum atomic E-state index is 0.105. The van der Waals surface area contributed by atoms with Gasteiger partial charge in [0.05, 0.1) is 10.4 Å². The van der Waals surface area contributed by atoms with E-state index in [4.69, 9.17) is 4.98 Å². The summed E-state index contributed by atoms with van der Waals surface area (Å²) >= 11 is 1.54. The summed E-state index contributed by atoms with van der Waals surface area (Å²) in [5.74, 6) is 1.12. The summed E-state index contributed by atoms with van der Waals surface area (Å²) in [7, 11) is 0. The molecule has 1 unspecified atom stereocenters. The topological polar surface area (TPSA) is 70.2 Å². The van der Waals surface area contributed by atoms with E-state index in [1.165, 1.54) is 22.3 Å². The van der Waals surface area contributed by atoms with Crippen LogP contribution in [0.15, 0.2) is 60.4 Å². The zero-order chi connectivity index (χ0) is 25.5. The van der Waals surface area contributed by atoms with Crippen LogP contribution in [0.3, 0.4) is 0 Å². The second kappa shape index (κ2) is 9.72. The Balaban J connectivity index is 1.32. The summed E-state index contributed by atoms with van der Waals surface area (Å²) in [6, 6.07) is 12.6. The van der Waals surface area contributed by atoms with Crippen LogP contribution in [0.2, 0.25) is 0 Å². The number of hydrogen-bond donors (Lipinski definition) is 2. The van der Waals surface area contributed by atoms with Crippen LogP contribution in [0.25, 0.3) is 26.6 Å². The highest BCUT2D eigenvalue weighted by Gasteiger charge is 2.22. The largest absolute Gasteiger partial charge is 0.335 e. The molecule has 1 aliphatic heterocycles. The van der Waals surface area contributed by atoms with Gasteiger partial charge in [-0.1, -0.05) is 31.2 Å². The number of allylic oxidation sites excluding steroid dienone is 3. The number of aryl methyl sites for hydroxylation is 2. The van der Waals surface area contributed by atoms with E-state index in [9.17, 15) is 4.79 Å². The third-order valence-corrected chi connectivity index (χ3v) is 8.51. The molecule has 0 spiro atoms. The lowest BCUT2D eigenvalue weighted by Crippen LogP contribution is -2.46. The van der Waals surface area contributed by atoms with E-state index in [0.29, 0.717) is 11.9 Å². The quantitative estimate of drug-likeness (QED) is 0.357. The fraction of sp³-hybridized carbons (Fsp3) is 0.300.